The van der Waals surface area contributed by atoms with Crippen LogP contribution in [0.25, 0.3) is 0 Å². The number of carbonyl (C=O) groups is 1. The second-order valence-electron chi connectivity index (χ2n) is 7.01. The molecule has 0 bridgehead atoms. The minimum absolute atomic E-state index is 0.131. The van der Waals surface area contributed by atoms with Gasteiger partial charge in [-0.1, -0.05) is 46.6 Å². The third kappa shape index (κ3) is 6.04. The maximum absolute atomic E-state index is 12.8. The van der Waals surface area contributed by atoms with E-state index in [1.165, 1.54) is 17.0 Å². The van der Waals surface area contributed by atoms with Crippen LogP contribution in [0.15, 0.2) is 47.6 Å². The summed E-state index contributed by atoms with van der Waals surface area (Å²) in [7, 11) is 0. The second kappa shape index (κ2) is 9.78. The van der Waals surface area contributed by atoms with Crippen LogP contribution < -0.4 is 5.32 Å². The number of hydrogen-bond acceptors (Lipinski definition) is 3. The minimum Gasteiger partial charge on any atom is -0.390 e. The van der Waals surface area contributed by atoms with E-state index in [0.29, 0.717) is 34.3 Å². The minimum atomic E-state index is -4.41. The SMILES string of the molecule is CCNC(=O)N(Cc1ccc(C(F)(F)F)cc1)C[C@H]1CC(c2ccc(Cl)c(Cl)c2)=NO1. The Morgan fingerprint density at radius 3 is 2.52 bits per heavy atom. The van der Waals surface area contributed by atoms with Crippen molar-refractivity contribution in [2.75, 3.05) is 13.1 Å². The molecule has 0 saturated carbocycles. The first kappa shape index (κ1) is 23.2. The van der Waals surface area contributed by atoms with Crippen molar-refractivity contribution >= 4 is 34.9 Å². The van der Waals surface area contributed by atoms with Crippen molar-refractivity contribution in [2.45, 2.75) is 32.2 Å². The summed E-state index contributed by atoms with van der Waals surface area (Å²) in [5.74, 6) is 0. The van der Waals surface area contributed by atoms with E-state index in [9.17, 15) is 18.0 Å². The predicted molar refractivity (Wildman–Crippen MR) is 113 cm³/mol. The van der Waals surface area contributed by atoms with Crippen molar-refractivity contribution in [1.29, 1.82) is 0 Å². The summed E-state index contributed by atoms with van der Waals surface area (Å²) in [6, 6.07) is 9.53. The zero-order chi connectivity index (χ0) is 22.6. The molecule has 10 heteroatoms. The van der Waals surface area contributed by atoms with Gasteiger partial charge in [-0.2, -0.15) is 13.2 Å². The maximum Gasteiger partial charge on any atom is 0.416 e. The molecule has 2 aromatic rings. The molecule has 0 aliphatic carbocycles. The molecule has 2 aromatic carbocycles. The number of benzene rings is 2. The largest absolute Gasteiger partial charge is 0.416 e. The van der Waals surface area contributed by atoms with E-state index in [-0.39, 0.29) is 19.1 Å². The summed E-state index contributed by atoms with van der Waals surface area (Å²) in [4.78, 5) is 19.5. The third-order valence-corrected chi connectivity index (χ3v) is 5.42. The Kier molecular flexibility index (Phi) is 7.33. The van der Waals surface area contributed by atoms with Crippen molar-refractivity contribution in [3.63, 3.8) is 0 Å². The van der Waals surface area contributed by atoms with Crippen LogP contribution >= 0.6 is 23.2 Å². The summed E-state index contributed by atoms with van der Waals surface area (Å²) in [6.07, 6.45) is -4.37. The molecule has 1 atom stereocenters. The molecule has 2 amide bonds. The predicted octanol–water partition coefficient (Wildman–Crippen LogP) is 5.74. The quantitative estimate of drug-likeness (QED) is 0.581. The fraction of sp³-hybridized carbons (Fsp3) is 0.333. The summed E-state index contributed by atoms with van der Waals surface area (Å²) in [5.41, 5.74) is 1.28. The Hall–Kier alpha value is -2.45. The molecule has 166 valence electrons. The summed E-state index contributed by atoms with van der Waals surface area (Å²) in [5, 5.41) is 7.64. The van der Waals surface area contributed by atoms with Crippen molar-refractivity contribution < 1.29 is 22.8 Å². The first-order valence-corrected chi connectivity index (χ1v) is 10.3. The van der Waals surface area contributed by atoms with Crippen molar-refractivity contribution in [3.05, 3.63) is 69.2 Å². The first-order chi connectivity index (χ1) is 14.7. The lowest BCUT2D eigenvalue weighted by atomic mass is 10.0. The van der Waals surface area contributed by atoms with E-state index in [4.69, 9.17) is 28.0 Å². The molecule has 31 heavy (non-hydrogen) atoms. The van der Waals surface area contributed by atoms with Gasteiger partial charge in [0.05, 0.1) is 27.9 Å². The highest BCUT2D eigenvalue weighted by atomic mass is 35.5. The first-order valence-electron chi connectivity index (χ1n) is 9.54. The Balaban J connectivity index is 1.67. The highest BCUT2D eigenvalue weighted by Crippen LogP contribution is 2.29. The number of halogens is 5. The van der Waals surface area contributed by atoms with Crippen molar-refractivity contribution in [2.24, 2.45) is 5.16 Å². The van der Waals surface area contributed by atoms with Gasteiger partial charge in [0.15, 0.2) is 6.10 Å². The Labute approximate surface area is 187 Å². The van der Waals surface area contributed by atoms with E-state index in [2.05, 4.69) is 10.5 Å². The lowest BCUT2D eigenvalue weighted by Crippen LogP contribution is -2.43. The molecule has 5 nitrogen and oxygen atoms in total. The van der Waals surface area contributed by atoms with E-state index in [1.807, 2.05) is 0 Å². The number of nitrogens with zero attached hydrogens (tertiary/aromatic N) is 2. The zero-order valence-corrected chi connectivity index (χ0v) is 18.1. The maximum atomic E-state index is 12.8. The summed E-state index contributed by atoms with van der Waals surface area (Å²) in [6.45, 7) is 2.54. The molecule has 0 saturated heterocycles. The number of alkyl halides is 3. The summed E-state index contributed by atoms with van der Waals surface area (Å²) < 4.78 is 38.4. The van der Waals surface area contributed by atoms with Crippen LogP contribution in [-0.4, -0.2) is 35.8 Å². The zero-order valence-electron chi connectivity index (χ0n) is 16.5. The molecule has 1 aliphatic heterocycles. The van der Waals surface area contributed by atoms with Crippen LogP contribution in [0.3, 0.4) is 0 Å². The van der Waals surface area contributed by atoms with Crippen molar-refractivity contribution in [3.8, 4) is 0 Å². The van der Waals surface area contributed by atoms with Crippen LogP contribution in [0, 0.1) is 0 Å². The van der Waals surface area contributed by atoms with Crippen molar-refractivity contribution in [1.82, 2.24) is 10.2 Å². The van der Waals surface area contributed by atoms with Gasteiger partial charge in [-0.3, -0.25) is 0 Å². The standard InChI is InChI=1S/C21H20Cl2F3N3O2/c1-2-27-20(30)29(11-13-3-6-15(7-4-13)21(24,25)26)12-16-10-19(28-31-16)14-5-8-17(22)18(23)9-14/h3-9,16H,2,10-12H2,1H3,(H,27,30)/t16-/m1/s1. The molecular weight excluding hydrogens is 454 g/mol. The average molecular weight is 474 g/mol. The van der Waals surface area contributed by atoms with Gasteiger partial charge in [-0.05, 0) is 36.8 Å². The molecule has 3 rings (SSSR count). The molecule has 0 spiro atoms. The fourth-order valence-corrected chi connectivity index (χ4v) is 3.42. The van der Waals surface area contributed by atoms with Gasteiger partial charge in [0.2, 0.25) is 0 Å². The van der Waals surface area contributed by atoms with Gasteiger partial charge >= 0.3 is 12.2 Å². The van der Waals surface area contributed by atoms with Crippen LogP contribution in [-0.2, 0) is 17.6 Å². The van der Waals surface area contributed by atoms with E-state index >= 15 is 0 Å². The van der Waals surface area contributed by atoms with Gasteiger partial charge in [0.25, 0.3) is 0 Å². The molecular formula is C21H20Cl2F3N3O2. The number of nitrogens with one attached hydrogen (secondary N) is 1. The molecule has 0 fully saturated rings. The number of carbonyl (C=O) groups excluding carboxylic acids is 1. The number of amides is 2. The highest BCUT2D eigenvalue weighted by molar-refractivity contribution is 6.42. The Morgan fingerprint density at radius 2 is 1.90 bits per heavy atom. The smallest absolute Gasteiger partial charge is 0.390 e. The molecule has 0 radical (unpaired) electrons. The monoisotopic (exact) mass is 473 g/mol. The number of hydrogen-bond donors (Lipinski definition) is 1. The lowest BCUT2D eigenvalue weighted by Gasteiger charge is -2.25. The normalized spacial score (nSPS) is 15.9. The Bertz CT molecular complexity index is 965. The fourth-order valence-electron chi connectivity index (χ4n) is 3.12. The topological polar surface area (TPSA) is 53.9 Å². The highest BCUT2D eigenvalue weighted by Gasteiger charge is 2.30. The van der Waals surface area contributed by atoms with Gasteiger partial charge < -0.3 is 15.1 Å². The van der Waals surface area contributed by atoms with Gasteiger partial charge in [-0.25, -0.2) is 4.79 Å². The number of urea groups is 1. The van der Waals surface area contributed by atoms with Gasteiger partial charge in [0.1, 0.15) is 0 Å². The molecule has 0 unspecified atom stereocenters. The van der Waals surface area contributed by atoms with Crippen LogP contribution in [0.5, 0.6) is 0 Å². The van der Waals surface area contributed by atoms with E-state index in [1.54, 1.807) is 25.1 Å². The molecule has 0 aromatic heterocycles. The molecule has 1 N–H and O–H groups in total. The van der Waals surface area contributed by atoms with Crippen LogP contribution in [0.4, 0.5) is 18.0 Å². The number of oxime groups is 1. The second-order valence-corrected chi connectivity index (χ2v) is 7.82. The van der Waals surface area contributed by atoms with E-state index < -0.39 is 17.8 Å². The van der Waals surface area contributed by atoms with E-state index in [0.717, 1.165) is 17.7 Å². The molecule has 1 heterocycles. The number of rotatable bonds is 6. The van der Waals surface area contributed by atoms with Gasteiger partial charge in [0, 0.05) is 25.1 Å². The Morgan fingerprint density at radius 1 is 1.19 bits per heavy atom. The summed E-state index contributed by atoms with van der Waals surface area (Å²) >= 11 is 12.0. The van der Waals surface area contributed by atoms with Gasteiger partial charge in [-0.15, -0.1) is 0 Å². The molecule has 1 aliphatic rings. The van der Waals surface area contributed by atoms with Crippen LogP contribution in [0.1, 0.15) is 30.0 Å². The van der Waals surface area contributed by atoms with Crippen LogP contribution in [0.2, 0.25) is 10.0 Å². The third-order valence-electron chi connectivity index (χ3n) is 4.68. The average Bonchev–Trinajstić information content (AvgIpc) is 3.18. The lowest BCUT2D eigenvalue weighted by molar-refractivity contribution is -0.137.